The zero-order valence-electron chi connectivity index (χ0n) is 13.5. The van der Waals surface area contributed by atoms with E-state index in [4.69, 9.17) is 0 Å². The van der Waals surface area contributed by atoms with Crippen molar-refractivity contribution in [2.45, 2.75) is 44.2 Å². The van der Waals surface area contributed by atoms with Crippen LogP contribution in [0.5, 0.6) is 0 Å². The number of nitrogens with zero attached hydrogens (tertiary/aromatic N) is 1. The van der Waals surface area contributed by atoms with Gasteiger partial charge in [-0.05, 0) is 48.9 Å². The fourth-order valence-electron chi connectivity index (χ4n) is 3.98. The van der Waals surface area contributed by atoms with Crippen molar-refractivity contribution in [3.63, 3.8) is 0 Å². The third kappa shape index (κ3) is 2.60. The van der Waals surface area contributed by atoms with E-state index in [0.717, 1.165) is 25.1 Å². The maximum absolute atomic E-state index is 12.7. The molecule has 0 aliphatic carbocycles. The minimum absolute atomic E-state index is 0.104. The Kier molecular flexibility index (Phi) is 3.84. The van der Waals surface area contributed by atoms with E-state index in [1.807, 2.05) is 12.1 Å². The molecule has 0 saturated carbocycles. The Labute approximate surface area is 140 Å². The van der Waals surface area contributed by atoms with Crippen LogP contribution in [-0.2, 0) is 16.1 Å². The molecule has 3 amide bonds. The molecule has 2 saturated heterocycles. The molecule has 3 aliphatic heterocycles. The lowest BCUT2D eigenvalue weighted by Gasteiger charge is -2.29. The van der Waals surface area contributed by atoms with Gasteiger partial charge >= 0.3 is 0 Å². The summed E-state index contributed by atoms with van der Waals surface area (Å²) in [5, 5.41) is 5.75. The van der Waals surface area contributed by atoms with Gasteiger partial charge in [-0.3, -0.25) is 19.7 Å². The van der Waals surface area contributed by atoms with Crippen LogP contribution in [0, 0.1) is 0 Å². The van der Waals surface area contributed by atoms with Crippen molar-refractivity contribution in [2.75, 3.05) is 13.1 Å². The first-order chi connectivity index (χ1) is 11.6. The molecule has 0 unspecified atom stereocenters. The lowest BCUT2D eigenvalue weighted by atomic mass is 9.90. The van der Waals surface area contributed by atoms with Crippen LogP contribution in [-0.4, -0.2) is 41.8 Å². The number of carbonyl (C=O) groups excluding carboxylic acids is 3. The molecule has 1 aromatic carbocycles. The Morgan fingerprint density at radius 2 is 2.00 bits per heavy atom. The number of nitrogens with one attached hydrogen (secondary N) is 2. The molecular weight excluding hydrogens is 306 g/mol. The van der Waals surface area contributed by atoms with Crippen LogP contribution in [0.15, 0.2) is 18.2 Å². The van der Waals surface area contributed by atoms with Gasteiger partial charge in [0.1, 0.15) is 6.04 Å². The number of amides is 3. The summed E-state index contributed by atoms with van der Waals surface area (Å²) in [6, 6.07) is 5.52. The number of hydrogen-bond acceptors (Lipinski definition) is 4. The minimum Gasteiger partial charge on any atom is -0.322 e. The van der Waals surface area contributed by atoms with Gasteiger partial charge in [-0.1, -0.05) is 12.1 Å². The molecule has 6 nitrogen and oxygen atoms in total. The monoisotopic (exact) mass is 327 g/mol. The maximum atomic E-state index is 12.7. The number of carbonyl (C=O) groups is 3. The molecule has 3 heterocycles. The molecule has 0 radical (unpaired) electrons. The summed E-state index contributed by atoms with van der Waals surface area (Å²) >= 11 is 0. The van der Waals surface area contributed by atoms with Crippen LogP contribution in [0.1, 0.15) is 53.1 Å². The summed E-state index contributed by atoms with van der Waals surface area (Å²) < 4.78 is 0. The molecular formula is C18H21N3O3. The van der Waals surface area contributed by atoms with Gasteiger partial charge in [0.05, 0.1) is 0 Å². The van der Waals surface area contributed by atoms with E-state index in [1.165, 1.54) is 12.0 Å². The van der Waals surface area contributed by atoms with E-state index in [1.54, 1.807) is 4.90 Å². The van der Waals surface area contributed by atoms with Crippen molar-refractivity contribution in [3.8, 4) is 0 Å². The topological polar surface area (TPSA) is 78.5 Å². The predicted molar refractivity (Wildman–Crippen MR) is 87.3 cm³/mol. The second-order valence-electron chi connectivity index (χ2n) is 6.86. The number of hydrogen-bond donors (Lipinski definition) is 2. The number of imide groups is 1. The van der Waals surface area contributed by atoms with Gasteiger partial charge in [-0.15, -0.1) is 0 Å². The fraction of sp³-hybridized carbons (Fsp3) is 0.500. The van der Waals surface area contributed by atoms with Crippen LogP contribution >= 0.6 is 0 Å². The smallest absolute Gasteiger partial charge is 0.255 e. The van der Waals surface area contributed by atoms with E-state index >= 15 is 0 Å². The summed E-state index contributed by atoms with van der Waals surface area (Å²) in [7, 11) is 0. The predicted octanol–water partition coefficient (Wildman–Crippen LogP) is 0.915. The summed E-state index contributed by atoms with van der Waals surface area (Å²) in [5.74, 6) is -0.228. The van der Waals surface area contributed by atoms with Crippen molar-refractivity contribution in [1.29, 1.82) is 0 Å². The second kappa shape index (κ2) is 6.02. The summed E-state index contributed by atoms with van der Waals surface area (Å²) in [4.78, 5) is 37.6. The first-order valence-corrected chi connectivity index (χ1v) is 8.61. The summed E-state index contributed by atoms with van der Waals surface area (Å²) in [6.45, 7) is 2.50. The second-order valence-corrected chi connectivity index (χ2v) is 6.86. The summed E-state index contributed by atoms with van der Waals surface area (Å²) in [6.07, 6.45) is 3.03. The standard InChI is InChI=1S/C18H21N3O3/c22-16-6-5-15(17(23)20-16)21-10-13-8-11(3-4-14(13)18(21)24)12-2-1-7-19-9-12/h3-4,8,12,15,19H,1-2,5-7,9-10H2,(H,20,22,23)/t12-,15+/m1/s1. The van der Waals surface area contributed by atoms with Crippen molar-refractivity contribution in [2.24, 2.45) is 0 Å². The maximum Gasteiger partial charge on any atom is 0.255 e. The molecule has 0 spiro atoms. The average molecular weight is 327 g/mol. The van der Waals surface area contributed by atoms with Gasteiger partial charge in [0.25, 0.3) is 5.91 Å². The third-order valence-electron chi connectivity index (χ3n) is 5.32. The zero-order valence-corrected chi connectivity index (χ0v) is 13.5. The van der Waals surface area contributed by atoms with E-state index in [-0.39, 0.29) is 24.1 Å². The highest BCUT2D eigenvalue weighted by molar-refractivity contribution is 6.05. The van der Waals surface area contributed by atoms with Crippen molar-refractivity contribution in [1.82, 2.24) is 15.5 Å². The molecule has 2 fully saturated rings. The molecule has 126 valence electrons. The molecule has 4 rings (SSSR count). The zero-order chi connectivity index (χ0) is 16.7. The van der Waals surface area contributed by atoms with Crippen molar-refractivity contribution in [3.05, 3.63) is 34.9 Å². The number of piperidine rings is 2. The van der Waals surface area contributed by atoms with E-state index in [9.17, 15) is 14.4 Å². The van der Waals surface area contributed by atoms with Gasteiger partial charge in [0, 0.05) is 25.1 Å². The third-order valence-corrected chi connectivity index (χ3v) is 5.32. The van der Waals surface area contributed by atoms with Crippen LogP contribution in [0.25, 0.3) is 0 Å². The Morgan fingerprint density at radius 1 is 1.12 bits per heavy atom. The Morgan fingerprint density at radius 3 is 2.75 bits per heavy atom. The van der Waals surface area contributed by atoms with Gasteiger partial charge in [-0.25, -0.2) is 0 Å². The lowest BCUT2D eigenvalue weighted by Crippen LogP contribution is -2.52. The minimum atomic E-state index is -0.539. The molecule has 0 bridgehead atoms. The molecule has 2 N–H and O–H groups in total. The molecule has 3 aliphatic rings. The lowest BCUT2D eigenvalue weighted by molar-refractivity contribution is -0.136. The Bertz CT molecular complexity index is 709. The number of fused-ring (bicyclic) bond motifs is 1. The highest BCUT2D eigenvalue weighted by atomic mass is 16.2. The van der Waals surface area contributed by atoms with E-state index in [2.05, 4.69) is 16.7 Å². The molecule has 1 aromatic rings. The van der Waals surface area contributed by atoms with Gasteiger partial charge < -0.3 is 10.2 Å². The highest BCUT2D eigenvalue weighted by Crippen LogP contribution is 2.31. The van der Waals surface area contributed by atoms with Gasteiger partial charge in [-0.2, -0.15) is 0 Å². The van der Waals surface area contributed by atoms with Crippen molar-refractivity contribution >= 4 is 17.7 Å². The van der Waals surface area contributed by atoms with E-state index < -0.39 is 6.04 Å². The number of benzene rings is 1. The first-order valence-electron chi connectivity index (χ1n) is 8.61. The van der Waals surface area contributed by atoms with Gasteiger partial charge in [0.2, 0.25) is 11.8 Å². The Hall–Kier alpha value is -2.21. The molecule has 2 atom stereocenters. The molecule has 0 aromatic heterocycles. The van der Waals surface area contributed by atoms with Gasteiger partial charge in [0.15, 0.2) is 0 Å². The molecule has 24 heavy (non-hydrogen) atoms. The fourth-order valence-corrected chi connectivity index (χ4v) is 3.98. The van der Waals surface area contributed by atoms with Crippen LogP contribution in [0.2, 0.25) is 0 Å². The summed E-state index contributed by atoms with van der Waals surface area (Å²) in [5.41, 5.74) is 2.94. The van der Waals surface area contributed by atoms with Crippen LogP contribution in [0.3, 0.4) is 0 Å². The first kappa shape index (κ1) is 15.3. The van der Waals surface area contributed by atoms with E-state index in [0.29, 0.717) is 24.4 Å². The van der Waals surface area contributed by atoms with Crippen LogP contribution < -0.4 is 10.6 Å². The Balaban J connectivity index is 1.55. The highest BCUT2D eigenvalue weighted by Gasteiger charge is 2.39. The normalized spacial score (nSPS) is 27.2. The molecule has 6 heteroatoms. The number of rotatable bonds is 2. The average Bonchev–Trinajstić information content (AvgIpc) is 2.92. The largest absolute Gasteiger partial charge is 0.322 e. The SMILES string of the molecule is O=C1CC[C@H](N2Cc3cc([C@@H]4CCCNC4)ccc3C2=O)C(=O)N1. The van der Waals surface area contributed by atoms with Crippen LogP contribution in [0.4, 0.5) is 0 Å². The van der Waals surface area contributed by atoms with Crippen molar-refractivity contribution < 1.29 is 14.4 Å². The quantitative estimate of drug-likeness (QED) is 0.792.